The Hall–Kier alpha value is -4.06. The van der Waals surface area contributed by atoms with E-state index in [1.807, 2.05) is 0 Å². The lowest BCUT2D eigenvalue weighted by atomic mass is 10.1. The van der Waals surface area contributed by atoms with E-state index in [4.69, 9.17) is 5.11 Å². The zero-order chi connectivity index (χ0) is 21.9. The first-order valence-electron chi connectivity index (χ1n) is 8.59. The minimum absolute atomic E-state index is 0.332. The summed E-state index contributed by atoms with van der Waals surface area (Å²) in [5, 5.41) is 21.2. The number of nitriles is 1. The van der Waals surface area contributed by atoms with E-state index in [1.54, 1.807) is 30.3 Å². The molecular weight excluding hydrogens is 399 g/mol. The molecule has 1 aromatic heterocycles. The van der Waals surface area contributed by atoms with Crippen molar-refractivity contribution < 1.29 is 27.9 Å². The van der Waals surface area contributed by atoms with Gasteiger partial charge in [-0.25, -0.2) is 0 Å². The molecule has 0 spiro atoms. The van der Waals surface area contributed by atoms with Crippen molar-refractivity contribution in [1.82, 2.24) is 4.57 Å². The van der Waals surface area contributed by atoms with Gasteiger partial charge in [-0.15, -0.1) is 0 Å². The maximum Gasteiger partial charge on any atom is 0.418 e. The summed E-state index contributed by atoms with van der Waals surface area (Å²) in [5.41, 5.74) is -0.961. The number of carbonyl (C=O) groups is 2. The molecule has 0 saturated heterocycles. The van der Waals surface area contributed by atoms with Crippen LogP contribution in [0.3, 0.4) is 0 Å². The van der Waals surface area contributed by atoms with Crippen LogP contribution in [0.25, 0.3) is 17.0 Å². The highest BCUT2D eigenvalue weighted by Gasteiger charge is 2.33. The number of rotatable bonds is 5. The zero-order valence-corrected chi connectivity index (χ0v) is 15.3. The third-order valence-electron chi connectivity index (χ3n) is 4.27. The van der Waals surface area contributed by atoms with Crippen LogP contribution in [-0.4, -0.2) is 21.6 Å². The topological polar surface area (TPSA) is 95.1 Å². The van der Waals surface area contributed by atoms with Crippen LogP contribution >= 0.6 is 0 Å². The predicted molar refractivity (Wildman–Crippen MR) is 103 cm³/mol. The van der Waals surface area contributed by atoms with Crippen molar-refractivity contribution in [3.8, 4) is 6.07 Å². The fourth-order valence-corrected chi connectivity index (χ4v) is 3.00. The standard InChI is InChI=1S/C21H14F3N3O3/c22-21(23,24)16-6-2-3-7-17(16)26-20(30)13(10-25)9-14-11-27(12-19(28)29)18-8-4-1-5-15(14)18/h1-9,11H,12H2,(H,26,30)(H,28,29)/b13-9+. The maximum absolute atomic E-state index is 13.1. The number of carbonyl (C=O) groups excluding carboxylic acids is 1. The summed E-state index contributed by atoms with van der Waals surface area (Å²) in [6, 6.07) is 12.9. The molecule has 3 rings (SSSR count). The summed E-state index contributed by atoms with van der Waals surface area (Å²) in [5.74, 6) is -2.09. The smallest absolute Gasteiger partial charge is 0.418 e. The molecular formula is C21H14F3N3O3. The van der Waals surface area contributed by atoms with E-state index in [-0.39, 0.29) is 6.54 Å². The fourth-order valence-electron chi connectivity index (χ4n) is 3.00. The van der Waals surface area contributed by atoms with Crippen LogP contribution in [0.15, 0.2) is 60.3 Å². The third kappa shape index (κ3) is 4.33. The molecule has 0 aliphatic carbocycles. The predicted octanol–water partition coefficient (Wildman–Crippen LogP) is 4.29. The lowest BCUT2D eigenvalue weighted by Crippen LogP contribution is -2.17. The highest BCUT2D eigenvalue weighted by Crippen LogP contribution is 2.34. The lowest BCUT2D eigenvalue weighted by Gasteiger charge is -2.13. The minimum Gasteiger partial charge on any atom is -0.480 e. The average molecular weight is 413 g/mol. The number of amides is 1. The number of anilines is 1. The van der Waals surface area contributed by atoms with Gasteiger partial charge in [0.05, 0.1) is 11.3 Å². The van der Waals surface area contributed by atoms with Crippen LogP contribution in [0, 0.1) is 11.3 Å². The van der Waals surface area contributed by atoms with Crippen molar-refractivity contribution in [2.75, 3.05) is 5.32 Å². The number of aliphatic carboxylic acids is 1. The van der Waals surface area contributed by atoms with Gasteiger partial charge in [0.1, 0.15) is 18.2 Å². The van der Waals surface area contributed by atoms with E-state index in [1.165, 1.54) is 29.0 Å². The van der Waals surface area contributed by atoms with Gasteiger partial charge in [0, 0.05) is 22.7 Å². The average Bonchev–Trinajstić information content (AvgIpc) is 3.02. The molecule has 0 radical (unpaired) electrons. The Labute approximate surface area is 168 Å². The van der Waals surface area contributed by atoms with E-state index < -0.39 is 34.9 Å². The second kappa shape index (κ2) is 8.13. The number of aromatic nitrogens is 1. The second-order valence-corrected chi connectivity index (χ2v) is 6.29. The van der Waals surface area contributed by atoms with Crippen molar-refractivity contribution in [2.24, 2.45) is 0 Å². The molecule has 0 aliphatic rings. The molecule has 1 heterocycles. The number of alkyl halides is 3. The number of para-hydroxylation sites is 2. The van der Waals surface area contributed by atoms with Crippen molar-refractivity contribution in [3.05, 3.63) is 71.4 Å². The zero-order valence-electron chi connectivity index (χ0n) is 15.3. The van der Waals surface area contributed by atoms with Crippen LogP contribution in [-0.2, 0) is 22.3 Å². The molecule has 1 amide bonds. The van der Waals surface area contributed by atoms with Crippen LogP contribution < -0.4 is 5.32 Å². The molecule has 0 bridgehead atoms. The SMILES string of the molecule is N#C/C(=C\c1cn(CC(=O)O)c2ccccc12)C(=O)Nc1ccccc1C(F)(F)F. The number of carboxylic acid groups (broad SMARTS) is 1. The van der Waals surface area contributed by atoms with Gasteiger partial charge in [0.15, 0.2) is 0 Å². The van der Waals surface area contributed by atoms with E-state index in [2.05, 4.69) is 5.32 Å². The van der Waals surface area contributed by atoms with Gasteiger partial charge in [-0.2, -0.15) is 18.4 Å². The van der Waals surface area contributed by atoms with Gasteiger partial charge >= 0.3 is 12.1 Å². The van der Waals surface area contributed by atoms with Crippen molar-refractivity contribution in [3.63, 3.8) is 0 Å². The van der Waals surface area contributed by atoms with Crippen LogP contribution in [0.2, 0.25) is 0 Å². The van der Waals surface area contributed by atoms with Crippen LogP contribution in [0.5, 0.6) is 0 Å². The van der Waals surface area contributed by atoms with Gasteiger partial charge in [-0.3, -0.25) is 9.59 Å². The summed E-state index contributed by atoms with van der Waals surface area (Å²) >= 11 is 0. The summed E-state index contributed by atoms with van der Waals surface area (Å²) in [4.78, 5) is 23.6. The fraction of sp³-hybridized carbons (Fsp3) is 0.0952. The van der Waals surface area contributed by atoms with Gasteiger partial charge in [0.25, 0.3) is 5.91 Å². The van der Waals surface area contributed by atoms with E-state index in [0.29, 0.717) is 16.5 Å². The largest absolute Gasteiger partial charge is 0.480 e. The van der Waals surface area contributed by atoms with Crippen LogP contribution in [0.1, 0.15) is 11.1 Å². The van der Waals surface area contributed by atoms with Gasteiger partial charge in [-0.05, 0) is 24.3 Å². The highest BCUT2D eigenvalue weighted by molar-refractivity contribution is 6.11. The quantitative estimate of drug-likeness (QED) is 0.482. The second-order valence-electron chi connectivity index (χ2n) is 6.29. The normalized spacial score (nSPS) is 11.9. The number of hydrogen-bond donors (Lipinski definition) is 2. The summed E-state index contributed by atoms with van der Waals surface area (Å²) in [7, 11) is 0. The minimum atomic E-state index is -4.68. The molecule has 9 heteroatoms. The van der Waals surface area contributed by atoms with Crippen molar-refractivity contribution in [1.29, 1.82) is 5.26 Å². The first-order chi connectivity index (χ1) is 14.2. The molecule has 0 atom stereocenters. The van der Waals surface area contributed by atoms with Crippen LogP contribution in [0.4, 0.5) is 18.9 Å². The first kappa shape index (κ1) is 20.7. The maximum atomic E-state index is 13.1. The van der Waals surface area contributed by atoms with E-state index in [0.717, 1.165) is 12.1 Å². The van der Waals surface area contributed by atoms with Crippen molar-refractivity contribution in [2.45, 2.75) is 12.7 Å². The van der Waals surface area contributed by atoms with Gasteiger partial charge < -0.3 is 15.0 Å². The summed E-state index contributed by atoms with van der Waals surface area (Å²) in [6.07, 6.45) is -2.00. The Morgan fingerprint density at radius 1 is 1.13 bits per heavy atom. The number of hydrogen-bond acceptors (Lipinski definition) is 3. The molecule has 2 N–H and O–H groups in total. The van der Waals surface area contributed by atoms with E-state index in [9.17, 15) is 28.0 Å². The Kier molecular flexibility index (Phi) is 5.60. The van der Waals surface area contributed by atoms with Gasteiger partial charge in [-0.1, -0.05) is 30.3 Å². The number of fused-ring (bicyclic) bond motifs is 1. The Morgan fingerprint density at radius 3 is 2.47 bits per heavy atom. The Bertz CT molecular complexity index is 1200. The monoisotopic (exact) mass is 413 g/mol. The molecule has 2 aromatic carbocycles. The Morgan fingerprint density at radius 2 is 1.80 bits per heavy atom. The number of nitrogens with one attached hydrogen (secondary N) is 1. The molecule has 152 valence electrons. The molecule has 30 heavy (non-hydrogen) atoms. The van der Waals surface area contributed by atoms with Gasteiger partial charge in [0.2, 0.25) is 0 Å². The molecule has 0 saturated carbocycles. The van der Waals surface area contributed by atoms with Crippen molar-refractivity contribution >= 4 is 34.5 Å². The molecule has 0 aliphatic heterocycles. The lowest BCUT2D eigenvalue weighted by molar-refractivity contribution is -0.138. The van der Waals surface area contributed by atoms with E-state index >= 15 is 0 Å². The number of benzene rings is 2. The first-order valence-corrected chi connectivity index (χ1v) is 8.59. The summed E-state index contributed by atoms with van der Waals surface area (Å²) < 4.78 is 40.8. The number of halogens is 3. The highest BCUT2D eigenvalue weighted by atomic mass is 19.4. The third-order valence-corrected chi connectivity index (χ3v) is 4.27. The molecule has 0 unspecified atom stereocenters. The number of carboxylic acids is 1. The summed E-state index contributed by atoms with van der Waals surface area (Å²) in [6.45, 7) is -0.332. The molecule has 6 nitrogen and oxygen atoms in total. The molecule has 3 aromatic rings. The molecule has 0 fully saturated rings. The number of nitrogens with zero attached hydrogens (tertiary/aromatic N) is 2. The Balaban J connectivity index is 1.99.